The fourth-order valence-corrected chi connectivity index (χ4v) is 4.22. The van der Waals surface area contributed by atoms with Crippen LogP contribution < -0.4 is 15.5 Å². The van der Waals surface area contributed by atoms with Crippen LogP contribution in [0.1, 0.15) is 25.7 Å². The summed E-state index contributed by atoms with van der Waals surface area (Å²) in [6.07, 6.45) is 3.92. The Labute approximate surface area is 188 Å². The lowest BCUT2D eigenvalue weighted by atomic mass is 9.96. The van der Waals surface area contributed by atoms with Gasteiger partial charge in [-0.3, -0.25) is 9.59 Å². The van der Waals surface area contributed by atoms with Gasteiger partial charge in [-0.15, -0.1) is 10.2 Å². The number of carbonyl (C=O) groups is 2. The maximum atomic E-state index is 12.2. The van der Waals surface area contributed by atoms with Crippen molar-refractivity contribution in [2.45, 2.75) is 36.8 Å². The van der Waals surface area contributed by atoms with E-state index in [0.717, 1.165) is 54.8 Å². The van der Waals surface area contributed by atoms with E-state index in [1.165, 1.54) is 11.8 Å². The van der Waals surface area contributed by atoms with E-state index in [4.69, 9.17) is 0 Å². The molecule has 9 heteroatoms. The molecule has 2 fully saturated rings. The van der Waals surface area contributed by atoms with Gasteiger partial charge in [0.1, 0.15) is 5.03 Å². The largest absolute Gasteiger partial charge is 0.355 e. The number of anilines is 2. The third kappa shape index (κ3) is 5.95. The van der Waals surface area contributed by atoms with Gasteiger partial charge in [-0.2, -0.15) is 0 Å². The molecular weight excluding hydrogens is 466 g/mol. The van der Waals surface area contributed by atoms with Crippen molar-refractivity contribution < 1.29 is 9.59 Å². The summed E-state index contributed by atoms with van der Waals surface area (Å²) < 4.78 is 0.969. The molecule has 0 radical (unpaired) electrons. The lowest BCUT2D eigenvalue weighted by Gasteiger charge is -2.31. The van der Waals surface area contributed by atoms with Crippen LogP contribution in [0.4, 0.5) is 11.5 Å². The van der Waals surface area contributed by atoms with E-state index in [0.29, 0.717) is 11.1 Å². The summed E-state index contributed by atoms with van der Waals surface area (Å²) in [6.45, 7) is 1.61. The van der Waals surface area contributed by atoms with Crippen molar-refractivity contribution in [3.8, 4) is 0 Å². The van der Waals surface area contributed by atoms with Crippen LogP contribution >= 0.6 is 27.7 Å². The van der Waals surface area contributed by atoms with Crippen molar-refractivity contribution in [3.05, 3.63) is 40.9 Å². The Morgan fingerprint density at radius 3 is 2.40 bits per heavy atom. The van der Waals surface area contributed by atoms with Crippen molar-refractivity contribution >= 4 is 51.0 Å². The van der Waals surface area contributed by atoms with Gasteiger partial charge in [0.15, 0.2) is 5.82 Å². The van der Waals surface area contributed by atoms with E-state index in [2.05, 4.69) is 41.7 Å². The first kappa shape index (κ1) is 21.1. The number of piperidine rings is 1. The minimum atomic E-state index is -0.0836. The van der Waals surface area contributed by atoms with Crippen LogP contribution in [0.3, 0.4) is 0 Å². The van der Waals surface area contributed by atoms with Crippen molar-refractivity contribution in [3.63, 3.8) is 0 Å². The highest BCUT2D eigenvalue weighted by Gasteiger charge is 2.30. The quantitative estimate of drug-likeness (QED) is 0.579. The van der Waals surface area contributed by atoms with Gasteiger partial charge in [0.05, 0.1) is 5.75 Å². The molecule has 1 aliphatic heterocycles. The smallest absolute Gasteiger partial charge is 0.234 e. The van der Waals surface area contributed by atoms with Crippen LogP contribution in [0.2, 0.25) is 0 Å². The van der Waals surface area contributed by atoms with Crippen LogP contribution in [0.25, 0.3) is 0 Å². The summed E-state index contributed by atoms with van der Waals surface area (Å²) in [4.78, 5) is 26.5. The molecule has 158 valence electrons. The number of carbonyl (C=O) groups excluding carboxylic acids is 2. The predicted molar refractivity (Wildman–Crippen MR) is 122 cm³/mol. The molecule has 4 rings (SSSR count). The van der Waals surface area contributed by atoms with Crippen LogP contribution in [0.15, 0.2) is 45.9 Å². The number of thioether (sulfide) groups is 1. The van der Waals surface area contributed by atoms with E-state index in [1.54, 1.807) is 0 Å². The van der Waals surface area contributed by atoms with E-state index in [-0.39, 0.29) is 23.5 Å². The summed E-state index contributed by atoms with van der Waals surface area (Å²) in [6, 6.07) is 11.7. The maximum Gasteiger partial charge on any atom is 0.234 e. The lowest BCUT2D eigenvalue weighted by Crippen LogP contribution is -2.41. The number of nitrogens with zero attached hydrogens (tertiary/aromatic N) is 3. The summed E-state index contributed by atoms with van der Waals surface area (Å²) in [5.74, 6) is 1.32. The Morgan fingerprint density at radius 2 is 1.77 bits per heavy atom. The van der Waals surface area contributed by atoms with Crippen molar-refractivity contribution in [2.75, 3.05) is 29.1 Å². The number of rotatable bonds is 7. The molecule has 2 aromatic rings. The van der Waals surface area contributed by atoms with Crippen molar-refractivity contribution in [2.24, 2.45) is 5.92 Å². The Bertz CT molecular complexity index is 881. The number of hydrogen-bond acceptors (Lipinski definition) is 6. The zero-order chi connectivity index (χ0) is 20.9. The third-order valence-electron chi connectivity index (χ3n) is 5.22. The molecule has 1 aromatic carbocycles. The number of benzene rings is 1. The Kier molecular flexibility index (Phi) is 6.89. The van der Waals surface area contributed by atoms with Gasteiger partial charge in [-0.05, 0) is 62.1 Å². The first-order valence-corrected chi connectivity index (χ1v) is 11.9. The second-order valence-electron chi connectivity index (χ2n) is 7.62. The topological polar surface area (TPSA) is 87.2 Å². The van der Waals surface area contributed by atoms with Gasteiger partial charge in [0.25, 0.3) is 0 Å². The molecule has 1 aromatic heterocycles. The van der Waals surface area contributed by atoms with E-state index < -0.39 is 0 Å². The molecule has 2 N–H and O–H groups in total. The molecule has 0 unspecified atom stereocenters. The highest BCUT2D eigenvalue weighted by atomic mass is 79.9. The van der Waals surface area contributed by atoms with Crippen LogP contribution in [0.5, 0.6) is 0 Å². The predicted octanol–water partition coefficient (Wildman–Crippen LogP) is 3.46. The highest BCUT2D eigenvalue weighted by molar-refractivity contribution is 9.10. The fourth-order valence-electron chi connectivity index (χ4n) is 3.35. The number of nitrogens with one attached hydrogen (secondary N) is 2. The maximum absolute atomic E-state index is 12.2. The Hall–Kier alpha value is -2.13. The van der Waals surface area contributed by atoms with Crippen LogP contribution in [0, 0.1) is 5.92 Å². The molecule has 2 heterocycles. The number of hydrogen-bond donors (Lipinski definition) is 2. The van der Waals surface area contributed by atoms with E-state index in [1.807, 2.05) is 36.4 Å². The van der Waals surface area contributed by atoms with Gasteiger partial charge in [-0.25, -0.2) is 0 Å². The van der Waals surface area contributed by atoms with Gasteiger partial charge >= 0.3 is 0 Å². The molecule has 7 nitrogen and oxygen atoms in total. The summed E-state index contributed by atoms with van der Waals surface area (Å²) in [5, 5.41) is 15.2. The minimum Gasteiger partial charge on any atom is -0.355 e. The van der Waals surface area contributed by atoms with Crippen molar-refractivity contribution in [1.82, 2.24) is 15.5 Å². The second kappa shape index (κ2) is 9.78. The van der Waals surface area contributed by atoms with E-state index >= 15 is 0 Å². The molecule has 0 bridgehead atoms. The summed E-state index contributed by atoms with van der Waals surface area (Å²) in [7, 11) is 0. The molecule has 0 atom stereocenters. The average molecular weight is 490 g/mol. The lowest BCUT2D eigenvalue weighted by molar-refractivity contribution is -0.125. The van der Waals surface area contributed by atoms with Crippen molar-refractivity contribution in [1.29, 1.82) is 0 Å². The summed E-state index contributed by atoms with van der Waals surface area (Å²) in [5.41, 5.74) is 0.763. The molecule has 2 amide bonds. The molecule has 1 saturated carbocycles. The molecule has 0 spiro atoms. The molecule has 30 heavy (non-hydrogen) atoms. The van der Waals surface area contributed by atoms with Gasteiger partial charge in [0, 0.05) is 35.2 Å². The summed E-state index contributed by atoms with van der Waals surface area (Å²) >= 11 is 4.73. The number of amides is 2. The molecular formula is C21H24BrN5O2S. The minimum absolute atomic E-state index is 0.0836. The van der Waals surface area contributed by atoms with Crippen LogP contribution in [-0.4, -0.2) is 46.9 Å². The Morgan fingerprint density at radius 1 is 1.03 bits per heavy atom. The highest BCUT2D eigenvalue weighted by Crippen LogP contribution is 2.25. The second-order valence-corrected chi connectivity index (χ2v) is 9.53. The molecule has 1 aliphatic carbocycles. The average Bonchev–Trinajstić information content (AvgIpc) is 3.58. The first-order chi connectivity index (χ1) is 14.6. The SMILES string of the molecule is O=C(CSc1ccc(N2CCC(C(=O)NC3CC3)CC2)nn1)Nc1ccc(Br)cc1. The number of aromatic nitrogens is 2. The fraction of sp³-hybridized carbons (Fsp3) is 0.429. The Balaban J connectivity index is 1.21. The third-order valence-corrected chi connectivity index (χ3v) is 6.67. The van der Waals surface area contributed by atoms with Gasteiger partial charge < -0.3 is 15.5 Å². The zero-order valence-electron chi connectivity index (χ0n) is 16.5. The van der Waals surface area contributed by atoms with Crippen LogP contribution in [-0.2, 0) is 9.59 Å². The van der Waals surface area contributed by atoms with E-state index in [9.17, 15) is 9.59 Å². The monoisotopic (exact) mass is 489 g/mol. The molecule has 2 aliphatic rings. The van der Waals surface area contributed by atoms with Gasteiger partial charge in [-0.1, -0.05) is 27.7 Å². The normalized spacial score (nSPS) is 16.9. The standard InChI is InChI=1S/C21H24BrN5O2S/c22-15-1-3-16(4-2-15)23-19(28)13-30-20-8-7-18(25-26-20)27-11-9-14(10-12-27)21(29)24-17-5-6-17/h1-4,7-8,14,17H,5-6,9-13H2,(H,23,28)(H,24,29). The molecule has 1 saturated heterocycles. The number of halogens is 1. The van der Waals surface area contributed by atoms with Gasteiger partial charge in [0.2, 0.25) is 11.8 Å². The first-order valence-electron chi connectivity index (χ1n) is 10.1. The zero-order valence-corrected chi connectivity index (χ0v) is 18.9.